The molecule has 0 spiro atoms. The summed E-state index contributed by atoms with van der Waals surface area (Å²) in [5.74, 6) is 0.927. The summed E-state index contributed by atoms with van der Waals surface area (Å²) in [6, 6.07) is 6.36. The van der Waals surface area contributed by atoms with Gasteiger partial charge in [-0.05, 0) is 30.5 Å². The van der Waals surface area contributed by atoms with Crippen LogP contribution in [0.25, 0.3) is 11.3 Å². The third kappa shape index (κ3) is 1.94. The first-order valence-corrected chi connectivity index (χ1v) is 7.53. The largest absolute Gasteiger partial charge is 0.343 e. The van der Waals surface area contributed by atoms with Crippen molar-refractivity contribution >= 4 is 15.9 Å². The summed E-state index contributed by atoms with van der Waals surface area (Å²) >= 11 is 3.52. The van der Waals surface area contributed by atoms with Crippen LogP contribution in [0.2, 0.25) is 0 Å². The van der Waals surface area contributed by atoms with E-state index in [-0.39, 0.29) is 5.54 Å². The fraction of sp³-hybridized carbons (Fsp3) is 0.400. The third-order valence-corrected chi connectivity index (χ3v) is 4.70. The zero-order valence-corrected chi connectivity index (χ0v) is 12.8. The molecule has 3 nitrogen and oxygen atoms in total. The summed E-state index contributed by atoms with van der Waals surface area (Å²) in [7, 11) is 0. The van der Waals surface area contributed by atoms with Crippen molar-refractivity contribution < 1.29 is 0 Å². The molecule has 0 saturated carbocycles. The van der Waals surface area contributed by atoms with Crippen LogP contribution in [0.1, 0.15) is 43.8 Å². The number of H-pyrrole nitrogens is 1. The Morgan fingerprint density at radius 1 is 1.37 bits per heavy atom. The van der Waals surface area contributed by atoms with Crippen molar-refractivity contribution in [3.05, 3.63) is 39.8 Å². The highest BCUT2D eigenvalue weighted by Gasteiger charge is 2.31. The van der Waals surface area contributed by atoms with E-state index in [0.717, 1.165) is 35.3 Å². The number of nitrogens with zero attached hydrogens (tertiary/aromatic N) is 1. The topological polar surface area (TPSA) is 54.7 Å². The van der Waals surface area contributed by atoms with Gasteiger partial charge in [0.25, 0.3) is 0 Å². The van der Waals surface area contributed by atoms with Gasteiger partial charge in [-0.1, -0.05) is 35.8 Å². The minimum atomic E-state index is -0.333. The second-order valence-corrected chi connectivity index (χ2v) is 6.17. The van der Waals surface area contributed by atoms with E-state index in [1.807, 2.05) is 0 Å². The van der Waals surface area contributed by atoms with E-state index in [4.69, 9.17) is 10.7 Å². The average molecular weight is 320 g/mol. The lowest BCUT2D eigenvalue weighted by Gasteiger charge is -2.24. The molecule has 1 aliphatic rings. The average Bonchev–Trinajstić information content (AvgIpc) is 2.94. The number of nitrogens with one attached hydrogen (secondary N) is 1. The van der Waals surface area contributed by atoms with Crippen LogP contribution in [0.3, 0.4) is 0 Å². The molecule has 0 bridgehead atoms. The van der Waals surface area contributed by atoms with Gasteiger partial charge in [-0.2, -0.15) is 0 Å². The first kappa shape index (κ1) is 12.9. The number of aromatic amines is 1. The summed E-state index contributed by atoms with van der Waals surface area (Å²) in [5.41, 5.74) is 10.9. The lowest BCUT2D eigenvalue weighted by molar-refractivity contribution is 0.390. The lowest BCUT2D eigenvalue weighted by atomic mass is 9.93. The number of imidazole rings is 1. The summed E-state index contributed by atoms with van der Waals surface area (Å²) in [5, 5.41) is 0. The Morgan fingerprint density at radius 3 is 2.79 bits per heavy atom. The van der Waals surface area contributed by atoms with Crippen LogP contribution >= 0.6 is 15.9 Å². The van der Waals surface area contributed by atoms with E-state index < -0.39 is 0 Å². The molecular weight excluding hydrogens is 302 g/mol. The van der Waals surface area contributed by atoms with Crippen LogP contribution in [-0.2, 0) is 12.0 Å². The molecule has 1 aliphatic carbocycles. The van der Waals surface area contributed by atoms with Gasteiger partial charge >= 0.3 is 0 Å². The van der Waals surface area contributed by atoms with E-state index in [1.165, 1.54) is 16.8 Å². The number of nitrogens with two attached hydrogens (primary N) is 1. The van der Waals surface area contributed by atoms with Gasteiger partial charge in [0, 0.05) is 22.2 Å². The molecule has 0 aliphatic heterocycles. The fourth-order valence-corrected chi connectivity index (χ4v) is 3.12. The van der Waals surface area contributed by atoms with Gasteiger partial charge in [-0.15, -0.1) is 0 Å². The fourth-order valence-electron chi connectivity index (χ4n) is 2.71. The van der Waals surface area contributed by atoms with Crippen molar-refractivity contribution in [2.45, 2.75) is 38.6 Å². The van der Waals surface area contributed by atoms with E-state index in [2.05, 4.69) is 53.0 Å². The first-order chi connectivity index (χ1) is 9.07. The van der Waals surface area contributed by atoms with E-state index in [0.29, 0.717) is 0 Å². The Balaban J connectivity index is 2.07. The normalized spacial score (nSPS) is 13.5. The molecule has 0 saturated heterocycles. The zero-order valence-electron chi connectivity index (χ0n) is 11.3. The SMILES string of the molecule is CCC(N)(CC)c1nc2c([nH]1)Cc1cc(Br)ccc1-2. The standard InChI is InChI=1S/C15H18BrN3/c1-3-15(17,4-2)14-18-12-8-9-7-10(16)5-6-11(9)13(12)19-14/h5-7H,3-4,8,17H2,1-2H3,(H,18,19). The number of fused-ring (bicyclic) bond motifs is 3. The smallest absolute Gasteiger partial charge is 0.127 e. The van der Waals surface area contributed by atoms with E-state index in [9.17, 15) is 0 Å². The summed E-state index contributed by atoms with van der Waals surface area (Å²) in [6.45, 7) is 4.23. The molecule has 0 unspecified atom stereocenters. The number of benzene rings is 1. The maximum Gasteiger partial charge on any atom is 0.127 e. The number of hydrogen-bond acceptors (Lipinski definition) is 2. The van der Waals surface area contributed by atoms with Gasteiger partial charge < -0.3 is 10.7 Å². The van der Waals surface area contributed by atoms with E-state index >= 15 is 0 Å². The molecule has 4 heteroatoms. The molecule has 2 aromatic rings. The van der Waals surface area contributed by atoms with Crippen LogP contribution in [-0.4, -0.2) is 9.97 Å². The molecule has 0 radical (unpaired) electrons. The molecule has 100 valence electrons. The van der Waals surface area contributed by atoms with E-state index in [1.54, 1.807) is 0 Å². The van der Waals surface area contributed by atoms with Crippen LogP contribution < -0.4 is 5.73 Å². The van der Waals surface area contributed by atoms with Crippen molar-refractivity contribution in [3.63, 3.8) is 0 Å². The van der Waals surface area contributed by atoms with Crippen LogP contribution in [0, 0.1) is 0 Å². The highest BCUT2D eigenvalue weighted by atomic mass is 79.9. The van der Waals surface area contributed by atoms with Crippen LogP contribution in [0.15, 0.2) is 22.7 Å². The van der Waals surface area contributed by atoms with Crippen molar-refractivity contribution in [1.82, 2.24) is 9.97 Å². The van der Waals surface area contributed by atoms with Crippen molar-refractivity contribution in [2.75, 3.05) is 0 Å². The monoisotopic (exact) mass is 319 g/mol. The molecular formula is C15H18BrN3. The quantitative estimate of drug-likeness (QED) is 0.773. The molecule has 0 fully saturated rings. The van der Waals surface area contributed by atoms with Gasteiger partial charge in [-0.25, -0.2) is 4.98 Å². The second-order valence-electron chi connectivity index (χ2n) is 5.25. The number of rotatable bonds is 3. The van der Waals surface area contributed by atoms with Crippen LogP contribution in [0.4, 0.5) is 0 Å². The van der Waals surface area contributed by atoms with Gasteiger partial charge in [-0.3, -0.25) is 0 Å². The first-order valence-electron chi connectivity index (χ1n) is 6.74. The van der Waals surface area contributed by atoms with Gasteiger partial charge in [0.05, 0.1) is 11.2 Å². The van der Waals surface area contributed by atoms with Crippen molar-refractivity contribution in [1.29, 1.82) is 0 Å². The molecule has 1 aromatic heterocycles. The molecule has 19 heavy (non-hydrogen) atoms. The predicted octanol–water partition coefficient (Wildman–Crippen LogP) is 3.72. The Bertz CT molecular complexity index is 626. The zero-order chi connectivity index (χ0) is 13.6. The number of halogens is 1. The highest BCUT2D eigenvalue weighted by Crippen LogP contribution is 2.38. The Kier molecular flexibility index (Phi) is 3.02. The van der Waals surface area contributed by atoms with Crippen molar-refractivity contribution in [3.8, 4) is 11.3 Å². The molecule has 1 aromatic carbocycles. The van der Waals surface area contributed by atoms with Crippen LogP contribution in [0.5, 0.6) is 0 Å². The second kappa shape index (κ2) is 4.46. The molecule has 0 amide bonds. The third-order valence-electron chi connectivity index (χ3n) is 4.20. The summed E-state index contributed by atoms with van der Waals surface area (Å²) in [6.07, 6.45) is 2.70. The van der Waals surface area contributed by atoms with Gasteiger partial charge in [0.15, 0.2) is 0 Å². The Morgan fingerprint density at radius 2 is 2.11 bits per heavy atom. The van der Waals surface area contributed by atoms with Gasteiger partial charge in [0.1, 0.15) is 5.82 Å². The lowest BCUT2D eigenvalue weighted by Crippen LogP contribution is -2.36. The molecule has 1 heterocycles. The molecule has 0 atom stereocenters. The predicted molar refractivity (Wildman–Crippen MR) is 81.0 cm³/mol. The molecule has 3 rings (SSSR count). The number of hydrogen-bond donors (Lipinski definition) is 2. The highest BCUT2D eigenvalue weighted by molar-refractivity contribution is 9.10. The minimum absolute atomic E-state index is 0.333. The summed E-state index contributed by atoms with van der Waals surface area (Å²) < 4.78 is 1.12. The maximum absolute atomic E-state index is 6.42. The Labute approximate surface area is 121 Å². The molecule has 3 N–H and O–H groups in total. The van der Waals surface area contributed by atoms with Crippen molar-refractivity contribution in [2.24, 2.45) is 5.73 Å². The van der Waals surface area contributed by atoms with Gasteiger partial charge in [0.2, 0.25) is 0 Å². The minimum Gasteiger partial charge on any atom is -0.343 e. The Hall–Kier alpha value is -1.13. The maximum atomic E-state index is 6.42. The number of aromatic nitrogens is 2. The summed E-state index contributed by atoms with van der Waals surface area (Å²) in [4.78, 5) is 8.23.